The van der Waals surface area contributed by atoms with Gasteiger partial charge in [0, 0.05) is 24.7 Å². The first-order valence-electron chi connectivity index (χ1n) is 6.23. The fourth-order valence-corrected chi connectivity index (χ4v) is 2.57. The Balaban J connectivity index is 2.35. The molecular formula is C14H17NO3. The summed E-state index contributed by atoms with van der Waals surface area (Å²) in [6.45, 7) is 1.89. The van der Waals surface area contributed by atoms with Crippen molar-refractivity contribution in [1.82, 2.24) is 4.98 Å². The number of carboxylic acids is 1. The molecule has 1 unspecified atom stereocenters. The SMILES string of the molecule is Cc1cccnc1CC1(C(=O)O)CCCCC1=O. The lowest BCUT2D eigenvalue weighted by atomic mass is 9.70. The van der Waals surface area contributed by atoms with Gasteiger partial charge in [0.2, 0.25) is 0 Å². The predicted molar refractivity (Wildman–Crippen MR) is 66.2 cm³/mol. The maximum Gasteiger partial charge on any atom is 0.317 e. The molecule has 1 aliphatic rings. The number of carbonyl (C=O) groups excluding carboxylic acids is 1. The van der Waals surface area contributed by atoms with Crippen LogP contribution in [-0.2, 0) is 16.0 Å². The summed E-state index contributed by atoms with van der Waals surface area (Å²) >= 11 is 0. The fraction of sp³-hybridized carbons (Fsp3) is 0.500. The molecule has 4 nitrogen and oxygen atoms in total. The molecule has 1 saturated carbocycles. The van der Waals surface area contributed by atoms with Gasteiger partial charge in [-0.05, 0) is 31.4 Å². The van der Waals surface area contributed by atoms with E-state index in [0.29, 0.717) is 12.8 Å². The van der Waals surface area contributed by atoms with Crippen LogP contribution in [0.25, 0.3) is 0 Å². The van der Waals surface area contributed by atoms with Crippen molar-refractivity contribution >= 4 is 11.8 Å². The number of carboxylic acid groups (broad SMARTS) is 1. The first kappa shape index (κ1) is 12.7. The summed E-state index contributed by atoms with van der Waals surface area (Å²) in [5.74, 6) is -1.15. The van der Waals surface area contributed by atoms with Gasteiger partial charge in [0.25, 0.3) is 0 Å². The van der Waals surface area contributed by atoms with Gasteiger partial charge in [-0.25, -0.2) is 0 Å². The zero-order valence-corrected chi connectivity index (χ0v) is 10.5. The van der Waals surface area contributed by atoms with Gasteiger partial charge in [0.15, 0.2) is 5.78 Å². The fourth-order valence-electron chi connectivity index (χ4n) is 2.57. The van der Waals surface area contributed by atoms with Gasteiger partial charge in [-0.1, -0.05) is 12.5 Å². The Hall–Kier alpha value is -1.71. The largest absolute Gasteiger partial charge is 0.480 e. The van der Waals surface area contributed by atoms with Crippen molar-refractivity contribution in [2.45, 2.75) is 39.0 Å². The lowest BCUT2D eigenvalue weighted by Crippen LogP contribution is -2.43. The van der Waals surface area contributed by atoms with E-state index in [2.05, 4.69) is 4.98 Å². The van der Waals surface area contributed by atoms with Gasteiger partial charge in [0.1, 0.15) is 5.41 Å². The molecule has 1 aromatic heterocycles. The molecule has 1 fully saturated rings. The van der Waals surface area contributed by atoms with Crippen molar-refractivity contribution in [3.8, 4) is 0 Å². The zero-order valence-electron chi connectivity index (χ0n) is 10.5. The van der Waals surface area contributed by atoms with E-state index in [1.165, 1.54) is 0 Å². The maximum absolute atomic E-state index is 12.1. The van der Waals surface area contributed by atoms with Crippen LogP contribution in [0.15, 0.2) is 18.3 Å². The Bertz CT molecular complexity index is 484. The standard InChI is InChI=1S/C14H17NO3/c1-10-5-4-8-15-11(10)9-14(13(17)18)7-3-2-6-12(14)16/h4-5,8H,2-3,6-7,9H2,1H3,(H,17,18). The van der Waals surface area contributed by atoms with Crippen molar-refractivity contribution in [3.05, 3.63) is 29.6 Å². The van der Waals surface area contributed by atoms with E-state index >= 15 is 0 Å². The van der Waals surface area contributed by atoms with Crippen LogP contribution in [0.5, 0.6) is 0 Å². The molecular weight excluding hydrogens is 230 g/mol. The number of aromatic nitrogens is 1. The summed E-state index contributed by atoms with van der Waals surface area (Å²) in [5, 5.41) is 9.46. The average Bonchev–Trinajstić information content (AvgIpc) is 2.34. The number of pyridine rings is 1. The van der Waals surface area contributed by atoms with Crippen LogP contribution in [-0.4, -0.2) is 21.8 Å². The van der Waals surface area contributed by atoms with E-state index in [1.54, 1.807) is 6.20 Å². The third-order valence-corrected chi connectivity index (χ3v) is 3.79. The molecule has 0 aromatic carbocycles. The lowest BCUT2D eigenvalue weighted by molar-refractivity contribution is -0.157. The molecule has 0 amide bonds. The number of Topliss-reactive ketones (excluding diaryl/α,β-unsaturated/α-hetero) is 1. The second kappa shape index (κ2) is 4.88. The Morgan fingerprint density at radius 3 is 2.89 bits per heavy atom. The van der Waals surface area contributed by atoms with Gasteiger partial charge in [0.05, 0.1) is 0 Å². The van der Waals surface area contributed by atoms with E-state index in [9.17, 15) is 14.7 Å². The highest BCUT2D eigenvalue weighted by Gasteiger charge is 2.47. The molecule has 4 heteroatoms. The summed E-state index contributed by atoms with van der Waals surface area (Å²) in [7, 11) is 0. The smallest absolute Gasteiger partial charge is 0.317 e. The first-order chi connectivity index (χ1) is 8.56. The quantitative estimate of drug-likeness (QED) is 0.831. The number of ketones is 1. The average molecular weight is 247 g/mol. The summed E-state index contributed by atoms with van der Waals surface area (Å²) < 4.78 is 0. The van der Waals surface area contributed by atoms with Crippen LogP contribution in [0, 0.1) is 12.3 Å². The van der Waals surface area contributed by atoms with Crippen molar-refractivity contribution in [2.24, 2.45) is 5.41 Å². The summed E-state index contributed by atoms with van der Waals surface area (Å²) in [4.78, 5) is 27.8. The normalized spacial score (nSPS) is 23.9. The maximum atomic E-state index is 12.1. The number of nitrogens with zero attached hydrogens (tertiary/aromatic N) is 1. The van der Waals surface area contributed by atoms with Crippen LogP contribution in [0.2, 0.25) is 0 Å². The van der Waals surface area contributed by atoms with E-state index in [-0.39, 0.29) is 12.2 Å². The molecule has 1 aromatic rings. The monoisotopic (exact) mass is 247 g/mol. The van der Waals surface area contributed by atoms with E-state index in [4.69, 9.17) is 0 Å². The topological polar surface area (TPSA) is 67.3 Å². The number of rotatable bonds is 3. The van der Waals surface area contributed by atoms with Crippen LogP contribution >= 0.6 is 0 Å². The molecule has 1 N–H and O–H groups in total. The molecule has 0 spiro atoms. The Morgan fingerprint density at radius 2 is 2.28 bits per heavy atom. The molecule has 1 atom stereocenters. The molecule has 0 saturated heterocycles. The number of hydrogen-bond acceptors (Lipinski definition) is 3. The van der Waals surface area contributed by atoms with Gasteiger partial charge in [-0.3, -0.25) is 14.6 Å². The minimum Gasteiger partial charge on any atom is -0.480 e. The first-order valence-corrected chi connectivity index (χ1v) is 6.23. The summed E-state index contributed by atoms with van der Waals surface area (Å²) in [6, 6.07) is 3.71. The van der Waals surface area contributed by atoms with Crippen LogP contribution in [0.3, 0.4) is 0 Å². The number of aryl methyl sites for hydroxylation is 1. The molecule has 2 rings (SSSR count). The summed E-state index contributed by atoms with van der Waals surface area (Å²) in [6.07, 6.45) is 4.26. The van der Waals surface area contributed by atoms with Crippen molar-refractivity contribution in [3.63, 3.8) is 0 Å². The number of aliphatic carboxylic acids is 1. The second-order valence-electron chi connectivity index (χ2n) is 4.96. The lowest BCUT2D eigenvalue weighted by Gasteiger charge is -2.31. The number of carbonyl (C=O) groups is 2. The van der Waals surface area contributed by atoms with Crippen molar-refractivity contribution in [2.75, 3.05) is 0 Å². The number of hydrogen-bond donors (Lipinski definition) is 1. The van der Waals surface area contributed by atoms with Gasteiger partial charge in [-0.15, -0.1) is 0 Å². The molecule has 1 aliphatic carbocycles. The third kappa shape index (κ3) is 2.15. The van der Waals surface area contributed by atoms with Gasteiger partial charge < -0.3 is 5.11 Å². The summed E-state index contributed by atoms with van der Waals surface area (Å²) in [5.41, 5.74) is 0.406. The zero-order chi connectivity index (χ0) is 13.2. The molecule has 0 aliphatic heterocycles. The highest BCUT2D eigenvalue weighted by Crippen LogP contribution is 2.37. The molecule has 1 heterocycles. The van der Waals surface area contributed by atoms with Crippen LogP contribution < -0.4 is 0 Å². The third-order valence-electron chi connectivity index (χ3n) is 3.79. The highest BCUT2D eigenvalue weighted by molar-refractivity contribution is 6.03. The highest BCUT2D eigenvalue weighted by atomic mass is 16.4. The van der Waals surface area contributed by atoms with Crippen LogP contribution in [0.1, 0.15) is 36.9 Å². The van der Waals surface area contributed by atoms with Gasteiger partial charge >= 0.3 is 5.97 Å². The predicted octanol–water partition coefficient (Wildman–Crippen LogP) is 2.15. The van der Waals surface area contributed by atoms with Crippen molar-refractivity contribution in [1.29, 1.82) is 0 Å². The molecule has 0 radical (unpaired) electrons. The molecule has 96 valence electrons. The van der Waals surface area contributed by atoms with E-state index in [0.717, 1.165) is 24.1 Å². The van der Waals surface area contributed by atoms with E-state index < -0.39 is 11.4 Å². The Morgan fingerprint density at radius 1 is 1.50 bits per heavy atom. The minimum absolute atomic E-state index is 0.147. The van der Waals surface area contributed by atoms with E-state index in [1.807, 2.05) is 19.1 Å². The minimum atomic E-state index is -1.25. The Labute approximate surface area is 106 Å². The van der Waals surface area contributed by atoms with Crippen molar-refractivity contribution < 1.29 is 14.7 Å². The second-order valence-corrected chi connectivity index (χ2v) is 4.96. The van der Waals surface area contributed by atoms with Gasteiger partial charge in [-0.2, -0.15) is 0 Å². The molecule has 18 heavy (non-hydrogen) atoms. The van der Waals surface area contributed by atoms with Crippen LogP contribution in [0.4, 0.5) is 0 Å². The molecule has 0 bridgehead atoms. The Kier molecular flexibility index (Phi) is 3.45.